The topological polar surface area (TPSA) is 58.5 Å². The van der Waals surface area contributed by atoms with Gasteiger partial charge in [0.15, 0.2) is 5.96 Å². The molecule has 1 aliphatic carbocycles. The molecule has 0 saturated heterocycles. The third kappa shape index (κ3) is 3.86. The Bertz CT molecular complexity index is 524. The van der Waals surface area contributed by atoms with E-state index < -0.39 is 0 Å². The second-order valence-electron chi connectivity index (χ2n) is 6.11. The number of nitrogens with zero attached hydrogens (tertiary/aromatic N) is 2. The Morgan fingerprint density at radius 3 is 2.70 bits per heavy atom. The lowest BCUT2D eigenvalue weighted by Crippen LogP contribution is -2.65. The summed E-state index contributed by atoms with van der Waals surface area (Å²) in [5.74, 6) is 0.851. The minimum atomic E-state index is 0.214. The maximum absolute atomic E-state index is 5.94. The van der Waals surface area contributed by atoms with E-state index in [0.717, 1.165) is 36.8 Å². The zero-order valence-electron chi connectivity index (χ0n) is 15.0. The van der Waals surface area contributed by atoms with E-state index in [1.165, 1.54) is 4.88 Å². The number of ether oxygens (including phenoxy) is 1. The fourth-order valence-corrected chi connectivity index (χ4v) is 4.31. The highest BCUT2D eigenvalue weighted by Gasteiger charge is 2.53. The molecule has 2 N–H and O–H groups in total. The first-order chi connectivity index (χ1) is 11.1. The summed E-state index contributed by atoms with van der Waals surface area (Å²) in [6, 6.07) is 0.415. The Hall–Kier alpha value is -1.14. The molecule has 0 bridgehead atoms. The van der Waals surface area contributed by atoms with Crippen molar-refractivity contribution in [1.82, 2.24) is 15.6 Å². The SMILES string of the molecule is CCOC1CC(NC(=NC)NCc2ncc(C)s2)C1(CC)CC. The largest absolute Gasteiger partial charge is 0.378 e. The zero-order valence-corrected chi connectivity index (χ0v) is 15.8. The number of aromatic nitrogens is 1. The Morgan fingerprint density at radius 2 is 2.17 bits per heavy atom. The Balaban J connectivity index is 1.93. The number of guanidine groups is 1. The first-order valence-electron chi connectivity index (χ1n) is 8.59. The number of aryl methyl sites for hydroxylation is 1. The minimum absolute atomic E-state index is 0.214. The van der Waals surface area contributed by atoms with Gasteiger partial charge in [-0.3, -0.25) is 4.99 Å². The van der Waals surface area contributed by atoms with E-state index in [1.54, 1.807) is 11.3 Å². The van der Waals surface area contributed by atoms with Gasteiger partial charge in [0.25, 0.3) is 0 Å². The summed E-state index contributed by atoms with van der Waals surface area (Å²) in [4.78, 5) is 9.99. The van der Waals surface area contributed by atoms with Crippen LogP contribution in [0, 0.1) is 12.3 Å². The van der Waals surface area contributed by atoms with Crippen LogP contribution in [0.15, 0.2) is 11.2 Å². The van der Waals surface area contributed by atoms with Gasteiger partial charge in [-0.2, -0.15) is 0 Å². The van der Waals surface area contributed by atoms with E-state index in [9.17, 15) is 0 Å². The van der Waals surface area contributed by atoms with Gasteiger partial charge in [0.2, 0.25) is 0 Å². The highest BCUT2D eigenvalue weighted by atomic mass is 32.1. The van der Waals surface area contributed by atoms with Gasteiger partial charge in [-0.1, -0.05) is 13.8 Å². The molecule has 1 saturated carbocycles. The van der Waals surface area contributed by atoms with Crippen LogP contribution in [0.1, 0.15) is 49.9 Å². The molecule has 0 radical (unpaired) electrons. The molecule has 1 aromatic heterocycles. The maximum atomic E-state index is 5.94. The normalized spacial score (nSPS) is 23.4. The van der Waals surface area contributed by atoms with Crippen molar-refractivity contribution < 1.29 is 4.74 Å². The Labute approximate surface area is 144 Å². The minimum Gasteiger partial charge on any atom is -0.378 e. The summed E-state index contributed by atoms with van der Waals surface area (Å²) in [5, 5.41) is 8.06. The number of nitrogens with one attached hydrogen (secondary N) is 2. The van der Waals surface area contributed by atoms with E-state index >= 15 is 0 Å². The molecule has 2 unspecified atom stereocenters. The van der Waals surface area contributed by atoms with Crippen molar-refractivity contribution in [3.63, 3.8) is 0 Å². The van der Waals surface area contributed by atoms with E-state index in [4.69, 9.17) is 4.74 Å². The molecule has 6 heteroatoms. The molecule has 1 aromatic rings. The van der Waals surface area contributed by atoms with Gasteiger partial charge in [0.05, 0.1) is 12.6 Å². The van der Waals surface area contributed by atoms with E-state index in [1.807, 2.05) is 13.2 Å². The smallest absolute Gasteiger partial charge is 0.191 e. The number of hydrogen-bond donors (Lipinski definition) is 2. The van der Waals surface area contributed by atoms with Gasteiger partial charge in [0.1, 0.15) is 5.01 Å². The van der Waals surface area contributed by atoms with Crippen LogP contribution in [-0.4, -0.2) is 36.7 Å². The summed E-state index contributed by atoms with van der Waals surface area (Å²) >= 11 is 1.72. The van der Waals surface area contributed by atoms with Crippen LogP contribution in [0.2, 0.25) is 0 Å². The van der Waals surface area contributed by atoms with Crippen molar-refractivity contribution in [1.29, 1.82) is 0 Å². The van der Waals surface area contributed by atoms with Crippen LogP contribution in [-0.2, 0) is 11.3 Å². The lowest BCUT2D eigenvalue weighted by atomic mass is 9.58. The molecule has 2 rings (SSSR count). The molecule has 5 nitrogen and oxygen atoms in total. The summed E-state index contributed by atoms with van der Waals surface area (Å²) in [6.45, 7) is 10.2. The molecule has 0 amide bonds. The summed E-state index contributed by atoms with van der Waals surface area (Å²) in [7, 11) is 1.82. The second kappa shape index (κ2) is 8.11. The Kier molecular flexibility index (Phi) is 6.41. The lowest BCUT2D eigenvalue weighted by Gasteiger charge is -2.55. The van der Waals surface area contributed by atoms with Crippen molar-refractivity contribution in [3.05, 3.63) is 16.1 Å². The highest BCUT2D eigenvalue weighted by molar-refractivity contribution is 7.11. The van der Waals surface area contributed by atoms with Crippen LogP contribution in [0.4, 0.5) is 0 Å². The molecular formula is C17H30N4OS. The molecule has 130 valence electrons. The van der Waals surface area contributed by atoms with Crippen LogP contribution in [0.3, 0.4) is 0 Å². The van der Waals surface area contributed by atoms with Crippen molar-refractivity contribution in [2.75, 3.05) is 13.7 Å². The maximum Gasteiger partial charge on any atom is 0.191 e. The first-order valence-corrected chi connectivity index (χ1v) is 9.41. The van der Waals surface area contributed by atoms with Crippen LogP contribution in [0.25, 0.3) is 0 Å². The van der Waals surface area contributed by atoms with Gasteiger partial charge < -0.3 is 15.4 Å². The van der Waals surface area contributed by atoms with Gasteiger partial charge in [-0.05, 0) is 33.1 Å². The summed E-state index contributed by atoms with van der Waals surface area (Å²) in [6.07, 6.45) is 5.56. The van der Waals surface area contributed by atoms with Gasteiger partial charge in [0, 0.05) is 36.2 Å². The van der Waals surface area contributed by atoms with Crippen LogP contribution in [0.5, 0.6) is 0 Å². The quantitative estimate of drug-likeness (QED) is 0.592. The summed E-state index contributed by atoms with van der Waals surface area (Å²) < 4.78 is 5.94. The van der Waals surface area contributed by atoms with E-state index in [0.29, 0.717) is 18.7 Å². The molecule has 23 heavy (non-hydrogen) atoms. The average Bonchev–Trinajstić information content (AvgIpc) is 2.96. The van der Waals surface area contributed by atoms with Crippen molar-refractivity contribution in [2.24, 2.45) is 10.4 Å². The fraction of sp³-hybridized carbons (Fsp3) is 0.765. The zero-order chi connectivity index (χ0) is 16.9. The molecule has 1 fully saturated rings. The van der Waals surface area contributed by atoms with Crippen molar-refractivity contribution >= 4 is 17.3 Å². The first kappa shape index (κ1) is 18.2. The van der Waals surface area contributed by atoms with Crippen LogP contribution >= 0.6 is 11.3 Å². The van der Waals surface area contributed by atoms with Crippen LogP contribution < -0.4 is 10.6 Å². The number of thiazole rings is 1. The number of hydrogen-bond acceptors (Lipinski definition) is 4. The molecule has 0 spiro atoms. The highest BCUT2D eigenvalue weighted by Crippen LogP contribution is 2.48. The van der Waals surface area contributed by atoms with Gasteiger partial charge >= 0.3 is 0 Å². The van der Waals surface area contributed by atoms with Gasteiger partial charge in [-0.15, -0.1) is 11.3 Å². The van der Waals surface area contributed by atoms with Crippen molar-refractivity contribution in [2.45, 2.75) is 65.6 Å². The summed E-state index contributed by atoms with van der Waals surface area (Å²) in [5.41, 5.74) is 0.214. The predicted molar refractivity (Wildman–Crippen MR) is 97.0 cm³/mol. The molecule has 2 atom stereocenters. The average molecular weight is 339 g/mol. The fourth-order valence-electron chi connectivity index (χ4n) is 3.59. The molecule has 1 aliphatic rings. The van der Waals surface area contributed by atoms with Gasteiger partial charge in [-0.25, -0.2) is 4.98 Å². The number of rotatable bonds is 7. The number of aliphatic imine (C=N–C) groups is 1. The third-order valence-electron chi connectivity index (χ3n) is 5.08. The Morgan fingerprint density at radius 1 is 1.43 bits per heavy atom. The predicted octanol–water partition coefficient (Wildman–Crippen LogP) is 3.10. The molecular weight excluding hydrogens is 308 g/mol. The second-order valence-corrected chi connectivity index (χ2v) is 7.43. The standard InChI is InChI=1S/C17H30N4OS/c1-6-17(7-2)13(9-14(17)22-8-3)21-16(18-5)20-11-15-19-10-12(4)23-15/h10,13-14H,6-9,11H2,1-5H3,(H2,18,20,21). The van der Waals surface area contributed by atoms with Crippen molar-refractivity contribution in [3.8, 4) is 0 Å². The molecule has 0 aromatic carbocycles. The molecule has 1 heterocycles. The monoisotopic (exact) mass is 338 g/mol. The third-order valence-corrected chi connectivity index (χ3v) is 5.99. The van der Waals surface area contributed by atoms with E-state index in [-0.39, 0.29) is 5.41 Å². The lowest BCUT2D eigenvalue weighted by molar-refractivity contribution is -0.133. The van der Waals surface area contributed by atoms with E-state index in [2.05, 4.69) is 48.3 Å². The molecule has 0 aliphatic heterocycles.